The summed E-state index contributed by atoms with van der Waals surface area (Å²) in [5, 5.41) is -0.420. The molecule has 0 bridgehead atoms. The summed E-state index contributed by atoms with van der Waals surface area (Å²) in [7, 11) is 0. The summed E-state index contributed by atoms with van der Waals surface area (Å²) in [6, 6.07) is 0. The van der Waals surface area contributed by atoms with Crippen LogP contribution in [0.5, 0.6) is 0 Å². The maximum absolute atomic E-state index is 12.7. The van der Waals surface area contributed by atoms with E-state index < -0.39 is 36.0 Å². The summed E-state index contributed by atoms with van der Waals surface area (Å²) in [4.78, 5) is 10.4. The van der Waals surface area contributed by atoms with Crippen molar-refractivity contribution in [1.82, 2.24) is 0 Å². The Balaban J connectivity index is 4.42. The lowest BCUT2D eigenvalue weighted by molar-refractivity contribution is -0.355. The van der Waals surface area contributed by atoms with Gasteiger partial charge in [0.2, 0.25) is 0 Å². The van der Waals surface area contributed by atoms with E-state index in [1.54, 1.807) is 0 Å². The molecule has 0 N–H and O–H groups in total. The van der Waals surface area contributed by atoms with Crippen LogP contribution in [0.1, 0.15) is 19.8 Å². The third kappa shape index (κ3) is 4.36. The second kappa shape index (κ2) is 5.45. The van der Waals surface area contributed by atoms with Gasteiger partial charge in [-0.1, -0.05) is 11.8 Å². The number of carbonyl (C=O) groups excluding carboxylic acids is 1. The summed E-state index contributed by atoms with van der Waals surface area (Å²) < 4.78 is 85.0. The van der Waals surface area contributed by atoms with Crippen LogP contribution in [-0.2, 0) is 4.79 Å². The van der Waals surface area contributed by atoms with Gasteiger partial charge in [-0.2, -0.15) is 30.7 Å². The van der Waals surface area contributed by atoms with Crippen molar-refractivity contribution in [3.63, 3.8) is 0 Å². The fourth-order valence-corrected chi connectivity index (χ4v) is 1.45. The zero-order chi connectivity index (χ0) is 13.9. The fourth-order valence-electron chi connectivity index (χ4n) is 0.874. The molecule has 0 aliphatic rings. The molecule has 1 nitrogen and oxygen atoms in total. The lowest BCUT2D eigenvalue weighted by Gasteiger charge is -2.28. The van der Waals surface area contributed by atoms with Crippen LogP contribution in [0.2, 0.25) is 0 Å². The number of rotatable bonds is 5. The lowest BCUT2D eigenvalue weighted by Crippen LogP contribution is -2.51. The van der Waals surface area contributed by atoms with Gasteiger partial charge in [0.05, 0.1) is 0 Å². The molecule has 0 aliphatic carbocycles. The van der Waals surface area contributed by atoms with Gasteiger partial charge in [0.15, 0.2) is 5.12 Å². The van der Waals surface area contributed by atoms with Crippen LogP contribution in [-0.4, -0.2) is 28.9 Å². The molecule has 0 aliphatic heterocycles. The first-order chi connectivity index (χ1) is 7.42. The van der Waals surface area contributed by atoms with Gasteiger partial charge in [0.25, 0.3) is 0 Å². The van der Waals surface area contributed by atoms with Gasteiger partial charge < -0.3 is 0 Å². The molecule has 102 valence electrons. The average Bonchev–Trinajstić information content (AvgIpc) is 2.10. The molecule has 0 unspecified atom stereocenters. The molecular weight excluding hydrogens is 277 g/mol. The van der Waals surface area contributed by atoms with Crippen molar-refractivity contribution < 1.29 is 35.5 Å². The Labute approximate surface area is 96.7 Å². The number of alkyl halides is 7. The van der Waals surface area contributed by atoms with E-state index in [-0.39, 0.29) is 5.75 Å². The van der Waals surface area contributed by atoms with Gasteiger partial charge in [-0.3, -0.25) is 4.79 Å². The molecule has 0 radical (unpaired) electrons. The van der Waals surface area contributed by atoms with Crippen molar-refractivity contribution in [2.45, 2.75) is 37.8 Å². The molecule has 0 fully saturated rings. The third-order valence-electron chi connectivity index (χ3n) is 1.76. The monoisotopic (exact) mass is 286 g/mol. The van der Waals surface area contributed by atoms with Crippen LogP contribution in [0.3, 0.4) is 0 Å². The first-order valence-corrected chi connectivity index (χ1v) is 5.36. The summed E-state index contributed by atoms with van der Waals surface area (Å²) in [6.07, 6.45) is -8.52. The minimum Gasteiger partial charge on any atom is -0.288 e. The van der Waals surface area contributed by atoms with Gasteiger partial charge in [0, 0.05) is 19.1 Å². The van der Waals surface area contributed by atoms with Crippen LogP contribution in [0, 0.1) is 0 Å². The van der Waals surface area contributed by atoms with E-state index in [1.807, 2.05) is 0 Å². The Hall–Kier alpha value is -0.470. The summed E-state index contributed by atoms with van der Waals surface area (Å²) in [6.45, 7) is 1.13. The minimum atomic E-state index is -6.29. The Morgan fingerprint density at radius 2 is 1.53 bits per heavy atom. The number of hydrogen-bond acceptors (Lipinski definition) is 2. The van der Waals surface area contributed by atoms with Gasteiger partial charge in [-0.25, -0.2) is 0 Å². The van der Waals surface area contributed by atoms with Crippen molar-refractivity contribution in [3.05, 3.63) is 0 Å². The SMILES string of the molecule is CC(=O)SCCCC(F)(F)C(F)(F)C(F)(F)F. The molecule has 0 aromatic carbocycles. The molecular formula is C8H9F7OS. The van der Waals surface area contributed by atoms with E-state index in [4.69, 9.17) is 0 Å². The topological polar surface area (TPSA) is 17.1 Å². The highest BCUT2D eigenvalue weighted by Crippen LogP contribution is 2.48. The van der Waals surface area contributed by atoms with Crippen LogP contribution in [0.15, 0.2) is 0 Å². The summed E-state index contributed by atoms with van der Waals surface area (Å²) in [5.74, 6) is -11.4. The maximum Gasteiger partial charge on any atom is 0.459 e. The molecule has 17 heavy (non-hydrogen) atoms. The predicted octanol–water partition coefficient (Wildman–Crippen LogP) is 3.88. The van der Waals surface area contributed by atoms with E-state index in [2.05, 4.69) is 0 Å². The zero-order valence-corrected chi connectivity index (χ0v) is 9.40. The standard InChI is InChI=1S/C8H9F7OS/c1-5(16)17-4-2-3-6(9,10)7(11,12)8(13,14)15/h2-4H2,1H3. The molecule has 0 aromatic heterocycles. The van der Waals surface area contributed by atoms with Crippen molar-refractivity contribution in [2.24, 2.45) is 0 Å². The molecule has 0 atom stereocenters. The molecule has 0 rings (SSSR count). The van der Waals surface area contributed by atoms with Gasteiger partial charge >= 0.3 is 18.0 Å². The van der Waals surface area contributed by atoms with E-state index in [1.165, 1.54) is 0 Å². The Kier molecular flexibility index (Phi) is 5.30. The zero-order valence-electron chi connectivity index (χ0n) is 8.58. The molecule has 0 heterocycles. The molecule has 0 aromatic rings. The lowest BCUT2D eigenvalue weighted by atomic mass is 10.1. The smallest absolute Gasteiger partial charge is 0.288 e. The van der Waals surface area contributed by atoms with Crippen molar-refractivity contribution in [2.75, 3.05) is 5.75 Å². The predicted molar refractivity (Wildman–Crippen MR) is 48.3 cm³/mol. The number of thioether (sulfide) groups is 1. The Morgan fingerprint density at radius 1 is 1.06 bits per heavy atom. The fraction of sp³-hybridized carbons (Fsp3) is 0.875. The maximum atomic E-state index is 12.7. The first kappa shape index (κ1) is 16.5. The highest BCUT2D eigenvalue weighted by molar-refractivity contribution is 8.13. The average molecular weight is 286 g/mol. The summed E-state index contributed by atoms with van der Waals surface area (Å²) >= 11 is 0.592. The van der Waals surface area contributed by atoms with E-state index in [0.717, 1.165) is 6.92 Å². The van der Waals surface area contributed by atoms with Crippen LogP contribution in [0.4, 0.5) is 30.7 Å². The van der Waals surface area contributed by atoms with Crippen LogP contribution in [0.25, 0.3) is 0 Å². The molecule has 0 saturated carbocycles. The normalized spacial score (nSPS) is 13.9. The second-order valence-electron chi connectivity index (χ2n) is 3.22. The van der Waals surface area contributed by atoms with E-state index in [0.29, 0.717) is 11.8 Å². The number of carbonyl (C=O) groups is 1. The van der Waals surface area contributed by atoms with Gasteiger partial charge in [-0.15, -0.1) is 0 Å². The Morgan fingerprint density at radius 3 is 1.88 bits per heavy atom. The third-order valence-corrected chi connectivity index (χ3v) is 2.66. The molecule has 0 amide bonds. The quantitative estimate of drug-likeness (QED) is 0.563. The second-order valence-corrected chi connectivity index (χ2v) is 4.49. The first-order valence-electron chi connectivity index (χ1n) is 4.37. The summed E-state index contributed by atoms with van der Waals surface area (Å²) in [5.41, 5.74) is 0. The van der Waals surface area contributed by atoms with Gasteiger partial charge in [0.1, 0.15) is 0 Å². The molecule has 0 spiro atoms. The van der Waals surface area contributed by atoms with E-state index >= 15 is 0 Å². The number of halogens is 7. The van der Waals surface area contributed by atoms with Gasteiger partial charge in [-0.05, 0) is 6.42 Å². The Bertz CT molecular complexity index is 274. The molecule has 9 heteroatoms. The minimum absolute atomic E-state index is 0.223. The van der Waals surface area contributed by atoms with Crippen LogP contribution < -0.4 is 0 Å². The highest BCUT2D eigenvalue weighted by Gasteiger charge is 2.72. The molecule has 0 saturated heterocycles. The van der Waals surface area contributed by atoms with Crippen molar-refractivity contribution in [1.29, 1.82) is 0 Å². The van der Waals surface area contributed by atoms with Crippen LogP contribution >= 0.6 is 11.8 Å². The largest absolute Gasteiger partial charge is 0.459 e. The van der Waals surface area contributed by atoms with Crippen molar-refractivity contribution >= 4 is 16.9 Å². The van der Waals surface area contributed by atoms with Crippen molar-refractivity contribution in [3.8, 4) is 0 Å². The van der Waals surface area contributed by atoms with E-state index in [9.17, 15) is 35.5 Å². The highest BCUT2D eigenvalue weighted by atomic mass is 32.2. The number of hydrogen-bond donors (Lipinski definition) is 0.